The molecule has 0 saturated heterocycles. The molecule has 0 amide bonds. The van der Waals surface area contributed by atoms with Crippen molar-refractivity contribution in [3.63, 3.8) is 0 Å². The fourth-order valence-corrected chi connectivity index (χ4v) is 14.2. The third-order valence-corrected chi connectivity index (χ3v) is 17.4. The van der Waals surface area contributed by atoms with E-state index in [0.717, 1.165) is 0 Å². The zero-order chi connectivity index (χ0) is 45.0. The number of hydrogen-bond donors (Lipinski definition) is 0. The van der Waals surface area contributed by atoms with E-state index in [1.807, 2.05) is 22.7 Å². The molecule has 3 aliphatic rings. The zero-order valence-corrected chi connectivity index (χ0v) is 40.5. The first-order valence-corrected chi connectivity index (χ1v) is 25.1. The van der Waals surface area contributed by atoms with Crippen LogP contribution in [0.2, 0.25) is 0 Å². The second kappa shape index (κ2) is 13.8. The van der Waals surface area contributed by atoms with Crippen LogP contribution in [0.3, 0.4) is 0 Å². The van der Waals surface area contributed by atoms with Crippen LogP contribution in [0.5, 0.6) is 0 Å². The summed E-state index contributed by atoms with van der Waals surface area (Å²) in [5.41, 5.74) is 20.8. The Labute approximate surface area is 396 Å². The molecule has 0 atom stereocenters. The van der Waals surface area contributed by atoms with Gasteiger partial charge in [-0.2, -0.15) is 0 Å². The summed E-state index contributed by atoms with van der Waals surface area (Å²) in [5, 5.41) is 3.92. The number of anilines is 5. The van der Waals surface area contributed by atoms with Crippen molar-refractivity contribution in [1.82, 2.24) is 0 Å². The molecule has 0 radical (unpaired) electrons. The average Bonchev–Trinajstić information content (AvgIpc) is 3.96. The monoisotopic (exact) mass is 886 g/mol. The molecule has 13 rings (SSSR count). The van der Waals surface area contributed by atoms with E-state index in [0.29, 0.717) is 0 Å². The Bertz CT molecular complexity index is 3650. The number of hydrogen-bond acceptors (Lipinski definition) is 4. The van der Waals surface area contributed by atoms with Crippen molar-refractivity contribution in [1.29, 1.82) is 0 Å². The Balaban J connectivity index is 1.23. The fourth-order valence-electron chi connectivity index (χ4n) is 11.6. The normalized spacial score (nSPS) is 14.7. The van der Waals surface area contributed by atoms with Gasteiger partial charge in [-0.1, -0.05) is 177 Å². The van der Waals surface area contributed by atoms with E-state index < -0.39 is 0 Å². The molecule has 2 nitrogen and oxygen atoms in total. The number of thiophene rings is 2. The Morgan fingerprint density at radius 2 is 1.14 bits per heavy atom. The minimum Gasteiger partial charge on any atom is -0.375 e. The molecular weight excluding hydrogens is 836 g/mol. The standard InChI is InChI=1S/C61H51BN2S2/c1-59(2,3)37-26-29-39(30-27-37)64-55-43(31-32-47-52(55)41-21-12-15-23-46(41)61(47,7)8)53-54-49(35-45-40-20-13-16-24-50(40)65-57(45)53)63(56-42-22-14-17-25-51(42)66-58(56)62(54)64)48-33-28-38(60(4,5)6)34-44(48)36-18-10-9-11-19-36/h9-35H,1-8H3. The summed E-state index contributed by atoms with van der Waals surface area (Å²) in [7, 11) is 0. The molecule has 0 fully saturated rings. The van der Waals surface area contributed by atoms with Crippen molar-refractivity contribution >= 4 is 98.5 Å². The van der Waals surface area contributed by atoms with Crippen LogP contribution in [0.4, 0.5) is 28.4 Å². The molecule has 5 heteroatoms. The molecule has 1 aliphatic carbocycles. The first kappa shape index (κ1) is 39.9. The van der Waals surface area contributed by atoms with Crippen LogP contribution < -0.4 is 20.0 Å². The van der Waals surface area contributed by atoms with Gasteiger partial charge < -0.3 is 9.71 Å². The number of nitrogens with zero attached hydrogens (tertiary/aromatic N) is 2. The molecule has 0 bridgehead atoms. The SMILES string of the molecule is CC(C)(C)c1ccc(N2B3c4sc5ccccc5c4N(c4ccc(C(C)(C)C)cc4-c4ccccc4)c4cc5c(sc6ccccc65)c(c43)-c3ccc4c(c32)-c2ccccc2C4(C)C)cc1. The highest BCUT2D eigenvalue weighted by atomic mass is 32.1. The highest BCUT2D eigenvalue weighted by Gasteiger charge is 2.50. The van der Waals surface area contributed by atoms with Crippen LogP contribution in [0.15, 0.2) is 164 Å². The first-order chi connectivity index (χ1) is 31.8. The van der Waals surface area contributed by atoms with E-state index in [1.54, 1.807) is 0 Å². The summed E-state index contributed by atoms with van der Waals surface area (Å²) < 4.78 is 5.37. The Morgan fingerprint density at radius 3 is 1.88 bits per heavy atom. The average molecular weight is 887 g/mol. The lowest BCUT2D eigenvalue weighted by Gasteiger charge is -2.46. The van der Waals surface area contributed by atoms with E-state index in [-0.39, 0.29) is 23.1 Å². The maximum Gasteiger partial charge on any atom is 0.343 e. The molecule has 10 aromatic rings. The Kier molecular flexibility index (Phi) is 8.36. The van der Waals surface area contributed by atoms with Crippen LogP contribution in [0, 0.1) is 0 Å². The topological polar surface area (TPSA) is 6.48 Å². The third-order valence-electron chi connectivity index (χ3n) is 15.0. The summed E-state index contributed by atoms with van der Waals surface area (Å²) in [6, 6.07) is 62.9. The van der Waals surface area contributed by atoms with Gasteiger partial charge >= 0.3 is 6.85 Å². The maximum atomic E-state index is 2.77. The first-order valence-electron chi connectivity index (χ1n) is 23.5. The van der Waals surface area contributed by atoms with Gasteiger partial charge in [0.05, 0.1) is 11.4 Å². The van der Waals surface area contributed by atoms with Gasteiger partial charge in [-0.3, -0.25) is 0 Å². The van der Waals surface area contributed by atoms with Crippen molar-refractivity contribution in [2.24, 2.45) is 0 Å². The van der Waals surface area contributed by atoms with Crippen LogP contribution >= 0.6 is 22.7 Å². The lowest BCUT2D eigenvalue weighted by Crippen LogP contribution is -2.60. The predicted molar refractivity (Wildman–Crippen MR) is 289 cm³/mol. The Morgan fingerprint density at radius 1 is 0.485 bits per heavy atom. The maximum absolute atomic E-state index is 2.77. The summed E-state index contributed by atoms with van der Waals surface area (Å²) in [6.07, 6.45) is 0. The number of benzene rings is 8. The summed E-state index contributed by atoms with van der Waals surface area (Å²) in [6.45, 7) is 18.7. The molecule has 8 aromatic carbocycles. The van der Waals surface area contributed by atoms with Crippen LogP contribution in [0.1, 0.15) is 77.6 Å². The van der Waals surface area contributed by atoms with Gasteiger partial charge in [0.2, 0.25) is 0 Å². The second-order valence-corrected chi connectivity index (χ2v) is 23.4. The summed E-state index contributed by atoms with van der Waals surface area (Å²) in [4.78, 5) is 5.46. The third kappa shape index (κ3) is 5.54. The summed E-state index contributed by atoms with van der Waals surface area (Å²) in [5.74, 6) is 0. The smallest absolute Gasteiger partial charge is 0.343 e. The molecular formula is C61H51BN2S2. The highest BCUT2D eigenvalue weighted by molar-refractivity contribution is 7.33. The van der Waals surface area contributed by atoms with Gasteiger partial charge in [0.15, 0.2) is 0 Å². The minimum absolute atomic E-state index is 0.0246. The van der Waals surface area contributed by atoms with E-state index in [2.05, 4.69) is 229 Å². The van der Waals surface area contributed by atoms with Crippen molar-refractivity contribution < 1.29 is 0 Å². The van der Waals surface area contributed by atoms with E-state index >= 15 is 0 Å². The largest absolute Gasteiger partial charge is 0.375 e. The number of rotatable bonds is 3. The van der Waals surface area contributed by atoms with Gasteiger partial charge in [0, 0.05) is 79.8 Å². The zero-order valence-electron chi connectivity index (χ0n) is 38.9. The molecule has 4 heterocycles. The molecule has 0 unspecified atom stereocenters. The van der Waals surface area contributed by atoms with Crippen molar-refractivity contribution in [2.75, 3.05) is 9.71 Å². The fraction of sp³-hybridized carbons (Fsp3) is 0.180. The molecule has 66 heavy (non-hydrogen) atoms. The highest BCUT2D eigenvalue weighted by Crippen LogP contribution is 2.60. The van der Waals surface area contributed by atoms with E-state index in [1.165, 1.54) is 125 Å². The van der Waals surface area contributed by atoms with Crippen molar-refractivity contribution in [2.45, 2.75) is 71.6 Å². The lowest BCUT2D eigenvalue weighted by atomic mass is 9.46. The van der Waals surface area contributed by atoms with Gasteiger partial charge in [0.1, 0.15) is 0 Å². The molecule has 0 saturated carbocycles. The minimum atomic E-state index is -0.156. The van der Waals surface area contributed by atoms with Gasteiger partial charge in [-0.05, 0) is 92.1 Å². The molecule has 320 valence electrons. The van der Waals surface area contributed by atoms with E-state index in [9.17, 15) is 0 Å². The van der Waals surface area contributed by atoms with Crippen LogP contribution in [-0.4, -0.2) is 6.85 Å². The molecule has 0 N–H and O–H groups in total. The Hall–Kier alpha value is -6.40. The van der Waals surface area contributed by atoms with E-state index in [4.69, 9.17) is 0 Å². The summed E-state index contributed by atoms with van der Waals surface area (Å²) >= 11 is 3.94. The van der Waals surface area contributed by atoms with Crippen LogP contribution in [-0.2, 0) is 16.2 Å². The van der Waals surface area contributed by atoms with Gasteiger partial charge in [-0.15, -0.1) is 22.7 Å². The number of fused-ring (bicyclic) bond motifs is 14. The van der Waals surface area contributed by atoms with Crippen molar-refractivity contribution in [3.8, 4) is 33.4 Å². The van der Waals surface area contributed by atoms with Gasteiger partial charge in [0.25, 0.3) is 0 Å². The van der Waals surface area contributed by atoms with Crippen LogP contribution in [0.25, 0.3) is 63.6 Å². The van der Waals surface area contributed by atoms with Crippen molar-refractivity contribution in [3.05, 3.63) is 186 Å². The second-order valence-electron chi connectivity index (χ2n) is 21.3. The van der Waals surface area contributed by atoms with Gasteiger partial charge in [-0.25, -0.2) is 0 Å². The quantitative estimate of drug-likeness (QED) is 0.163. The lowest BCUT2D eigenvalue weighted by molar-refractivity contribution is 0.590. The molecule has 2 aromatic heterocycles. The predicted octanol–water partition coefficient (Wildman–Crippen LogP) is 16.5. The molecule has 2 aliphatic heterocycles. The molecule has 0 spiro atoms.